The molecule has 1 aliphatic rings. The van der Waals surface area contributed by atoms with Gasteiger partial charge in [0.05, 0.1) is 24.7 Å². The Morgan fingerprint density at radius 3 is 2.36 bits per heavy atom. The molecule has 47 heavy (non-hydrogen) atoms. The molecule has 1 atom stereocenters. The first kappa shape index (κ1) is 35.3. The number of nitrogens with zero attached hydrogens (tertiary/aromatic N) is 3. The number of anilines is 3. The summed E-state index contributed by atoms with van der Waals surface area (Å²) >= 11 is 0. The molecule has 1 fully saturated rings. The minimum atomic E-state index is -3.63. The average Bonchev–Trinajstić information content (AvgIpc) is 3.41. The normalized spacial score (nSPS) is 15.2. The van der Waals surface area contributed by atoms with Gasteiger partial charge >= 0.3 is 6.09 Å². The molecule has 13 nitrogen and oxygen atoms in total. The van der Waals surface area contributed by atoms with Crippen molar-refractivity contribution in [2.24, 2.45) is 0 Å². The molecule has 2 aromatic carbocycles. The number of carbonyl (C=O) groups is 2. The standard InChI is InChI=1S/C33H44N6O7S/c1-20-10-11-21(29(40)36-24-17-22(32(2,3)4)18-25(28(24)44-8)38-47(9,42)43)16-26(20)45-27-12-14-34-30(37-27)35-23-13-15-39(19-23)31(41)46-33(5,6)7/h10-12,14,16-18,23,38H,13,15,19H2,1-9H3,(H,36,40)(H,34,35,37). The Kier molecular flexibility index (Phi) is 10.2. The molecule has 3 N–H and O–H groups in total. The minimum absolute atomic E-state index is 0.0616. The second kappa shape index (κ2) is 13.6. The number of aromatic nitrogens is 2. The molecular formula is C33H44N6O7S. The molecule has 1 aromatic heterocycles. The predicted molar refractivity (Wildman–Crippen MR) is 181 cm³/mol. The van der Waals surface area contributed by atoms with Crippen LogP contribution in [0.5, 0.6) is 17.4 Å². The number of hydrogen-bond acceptors (Lipinski definition) is 10. The number of methoxy groups -OCH3 is 1. The summed E-state index contributed by atoms with van der Waals surface area (Å²) in [5.41, 5.74) is 1.45. The lowest BCUT2D eigenvalue weighted by atomic mass is 9.86. The van der Waals surface area contributed by atoms with Gasteiger partial charge in [0.25, 0.3) is 5.91 Å². The molecule has 254 valence electrons. The fourth-order valence-corrected chi connectivity index (χ4v) is 5.38. The van der Waals surface area contributed by atoms with Crippen LogP contribution in [0.2, 0.25) is 0 Å². The van der Waals surface area contributed by atoms with Gasteiger partial charge in [-0.15, -0.1) is 0 Å². The molecule has 1 aliphatic heterocycles. The van der Waals surface area contributed by atoms with Crippen LogP contribution in [0.25, 0.3) is 0 Å². The van der Waals surface area contributed by atoms with Gasteiger partial charge in [0.1, 0.15) is 11.4 Å². The van der Waals surface area contributed by atoms with E-state index >= 15 is 0 Å². The maximum Gasteiger partial charge on any atom is 0.410 e. The highest BCUT2D eigenvalue weighted by Crippen LogP contribution is 2.39. The predicted octanol–water partition coefficient (Wildman–Crippen LogP) is 5.93. The van der Waals surface area contributed by atoms with E-state index in [1.807, 2.05) is 48.5 Å². The van der Waals surface area contributed by atoms with Crippen LogP contribution in [0.3, 0.4) is 0 Å². The molecule has 0 bridgehead atoms. The molecule has 2 heterocycles. The van der Waals surface area contributed by atoms with Crippen LogP contribution >= 0.6 is 0 Å². The Labute approximate surface area is 276 Å². The van der Waals surface area contributed by atoms with Crippen LogP contribution in [0.4, 0.5) is 22.1 Å². The monoisotopic (exact) mass is 668 g/mol. The molecule has 0 spiro atoms. The van der Waals surface area contributed by atoms with Crippen LogP contribution < -0.4 is 24.8 Å². The number of amides is 2. The second-order valence-electron chi connectivity index (χ2n) is 13.5. The van der Waals surface area contributed by atoms with E-state index in [2.05, 4.69) is 25.3 Å². The van der Waals surface area contributed by atoms with Crippen molar-refractivity contribution in [2.75, 3.05) is 41.8 Å². The van der Waals surface area contributed by atoms with Crippen LogP contribution in [0.1, 0.15) is 69.4 Å². The number of ether oxygens (including phenoxy) is 3. The fraction of sp³-hybridized carbons (Fsp3) is 0.455. The molecular weight excluding hydrogens is 624 g/mol. The van der Waals surface area contributed by atoms with E-state index in [1.54, 1.807) is 47.5 Å². The lowest BCUT2D eigenvalue weighted by Crippen LogP contribution is -2.36. The third kappa shape index (κ3) is 9.70. The van der Waals surface area contributed by atoms with Crippen molar-refractivity contribution < 1.29 is 32.2 Å². The maximum atomic E-state index is 13.5. The molecule has 0 aliphatic carbocycles. The van der Waals surface area contributed by atoms with E-state index in [1.165, 1.54) is 7.11 Å². The van der Waals surface area contributed by atoms with Gasteiger partial charge in [-0.05, 0) is 74.9 Å². The quantitative estimate of drug-likeness (QED) is 0.249. The average molecular weight is 669 g/mol. The van der Waals surface area contributed by atoms with E-state index in [-0.39, 0.29) is 34.9 Å². The van der Waals surface area contributed by atoms with Crippen LogP contribution in [0.15, 0.2) is 42.6 Å². The molecule has 14 heteroatoms. The van der Waals surface area contributed by atoms with Crippen LogP contribution in [-0.2, 0) is 20.2 Å². The molecule has 4 rings (SSSR count). The summed E-state index contributed by atoms with van der Waals surface area (Å²) in [6.45, 7) is 14.3. The fourth-order valence-electron chi connectivity index (χ4n) is 4.83. The zero-order valence-electron chi connectivity index (χ0n) is 28.3. The SMILES string of the molecule is COc1c(NC(=O)c2ccc(C)c(Oc3ccnc(NC4CCN(C(=O)OC(C)(C)C)C4)n3)c2)cc(C(C)(C)C)cc1NS(C)(=O)=O. The van der Waals surface area contributed by atoms with Gasteiger partial charge in [-0.2, -0.15) is 4.98 Å². The van der Waals surface area contributed by atoms with Gasteiger partial charge < -0.3 is 29.7 Å². The number of aryl methyl sites for hydroxylation is 1. The first-order valence-corrected chi connectivity index (χ1v) is 17.1. The number of benzene rings is 2. The van der Waals surface area contributed by atoms with E-state index < -0.39 is 21.5 Å². The summed E-state index contributed by atoms with van der Waals surface area (Å²) < 4.78 is 43.8. The minimum Gasteiger partial charge on any atom is -0.492 e. The summed E-state index contributed by atoms with van der Waals surface area (Å²) in [6.07, 6.45) is 2.96. The largest absolute Gasteiger partial charge is 0.492 e. The topological polar surface area (TPSA) is 161 Å². The van der Waals surface area contributed by atoms with E-state index in [4.69, 9.17) is 14.2 Å². The van der Waals surface area contributed by atoms with E-state index in [0.29, 0.717) is 42.5 Å². The molecule has 1 saturated heterocycles. The first-order valence-electron chi connectivity index (χ1n) is 15.2. The Morgan fingerprint density at radius 2 is 1.72 bits per heavy atom. The second-order valence-corrected chi connectivity index (χ2v) is 15.3. The Bertz CT molecular complexity index is 1750. The molecule has 0 radical (unpaired) electrons. The van der Waals surface area contributed by atoms with Crippen LogP contribution in [0, 0.1) is 6.92 Å². The van der Waals surface area contributed by atoms with Gasteiger partial charge in [-0.3, -0.25) is 9.52 Å². The number of sulfonamides is 1. The smallest absolute Gasteiger partial charge is 0.410 e. The zero-order valence-corrected chi connectivity index (χ0v) is 29.2. The van der Waals surface area contributed by atoms with Crippen molar-refractivity contribution in [3.63, 3.8) is 0 Å². The Morgan fingerprint density at radius 1 is 1.02 bits per heavy atom. The molecule has 3 aromatic rings. The van der Waals surface area contributed by atoms with Gasteiger partial charge in [-0.1, -0.05) is 26.8 Å². The Hall–Kier alpha value is -4.59. The highest BCUT2D eigenvalue weighted by atomic mass is 32.2. The number of likely N-dealkylation sites (tertiary alicyclic amines) is 1. The van der Waals surface area contributed by atoms with Crippen LogP contribution in [-0.4, -0.2) is 73.4 Å². The summed E-state index contributed by atoms with van der Waals surface area (Å²) in [7, 11) is -2.22. The maximum absolute atomic E-state index is 13.5. The van der Waals surface area contributed by atoms with Gasteiger partial charge in [0.15, 0.2) is 5.75 Å². The third-order valence-electron chi connectivity index (χ3n) is 7.17. The number of carbonyl (C=O) groups excluding carboxylic acids is 2. The first-order chi connectivity index (χ1) is 21.8. The van der Waals surface area contributed by atoms with Gasteiger partial charge in [0, 0.05) is 37.0 Å². The van der Waals surface area contributed by atoms with E-state index in [9.17, 15) is 18.0 Å². The Balaban J connectivity index is 1.51. The van der Waals surface area contributed by atoms with Crippen molar-refractivity contribution in [3.8, 4) is 17.4 Å². The summed E-state index contributed by atoms with van der Waals surface area (Å²) in [4.78, 5) is 36.4. The highest BCUT2D eigenvalue weighted by molar-refractivity contribution is 7.92. The summed E-state index contributed by atoms with van der Waals surface area (Å²) in [5, 5.41) is 6.13. The van der Waals surface area contributed by atoms with Crippen molar-refractivity contribution in [1.82, 2.24) is 14.9 Å². The summed E-state index contributed by atoms with van der Waals surface area (Å²) in [6, 6.07) is 10.0. The van der Waals surface area contributed by atoms with Gasteiger partial charge in [-0.25, -0.2) is 18.2 Å². The van der Waals surface area contributed by atoms with Crippen molar-refractivity contribution in [3.05, 3.63) is 59.3 Å². The number of nitrogens with one attached hydrogen (secondary N) is 3. The molecule has 1 unspecified atom stereocenters. The molecule has 0 saturated carbocycles. The van der Waals surface area contributed by atoms with Crippen molar-refractivity contribution >= 4 is 39.3 Å². The lowest BCUT2D eigenvalue weighted by molar-refractivity contribution is 0.0293. The lowest BCUT2D eigenvalue weighted by Gasteiger charge is -2.24. The number of rotatable bonds is 9. The van der Waals surface area contributed by atoms with E-state index in [0.717, 1.165) is 17.4 Å². The van der Waals surface area contributed by atoms with Crippen molar-refractivity contribution in [1.29, 1.82) is 0 Å². The van der Waals surface area contributed by atoms with Crippen molar-refractivity contribution in [2.45, 2.75) is 71.9 Å². The number of hydrogen-bond donors (Lipinski definition) is 3. The molecule has 2 amide bonds. The summed E-state index contributed by atoms with van der Waals surface area (Å²) in [5.74, 6) is 0.743. The highest BCUT2D eigenvalue weighted by Gasteiger charge is 2.30. The third-order valence-corrected chi connectivity index (χ3v) is 7.76. The van der Waals surface area contributed by atoms with Gasteiger partial charge in [0.2, 0.25) is 21.9 Å². The zero-order chi connectivity index (χ0) is 34.7.